The number of hydrogen-bond donors (Lipinski definition) is 0. The van der Waals surface area contributed by atoms with Gasteiger partial charge in [-0.3, -0.25) is 0 Å². The molecule has 0 radical (unpaired) electrons. The molecule has 0 saturated heterocycles. The first-order valence-corrected chi connectivity index (χ1v) is 12.3. The van der Waals surface area contributed by atoms with Crippen LogP contribution in [-0.4, -0.2) is 12.1 Å². The van der Waals surface area contributed by atoms with E-state index in [0.29, 0.717) is 5.92 Å². The van der Waals surface area contributed by atoms with Crippen LogP contribution in [0.25, 0.3) is 0 Å². The molecule has 1 fully saturated rings. The average Bonchev–Trinajstić information content (AvgIpc) is 2.82. The zero-order chi connectivity index (χ0) is 23.7. The molecule has 2 nitrogen and oxygen atoms in total. The summed E-state index contributed by atoms with van der Waals surface area (Å²) < 4.78 is 45.3. The molecule has 2 aromatic carbocycles. The van der Waals surface area contributed by atoms with E-state index in [1.165, 1.54) is 75.6 Å². The molecule has 1 aliphatic carbocycles. The molecule has 0 bridgehead atoms. The maximum absolute atomic E-state index is 13.5. The lowest BCUT2D eigenvalue weighted by Crippen LogP contribution is -2.26. The van der Waals surface area contributed by atoms with Gasteiger partial charge < -0.3 is 4.74 Å². The van der Waals surface area contributed by atoms with Crippen LogP contribution < -0.4 is 0 Å². The molecule has 33 heavy (non-hydrogen) atoms. The van der Waals surface area contributed by atoms with Crippen LogP contribution in [0.2, 0.25) is 0 Å². The fourth-order valence-corrected chi connectivity index (χ4v) is 4.84. The van der Waals surface area contributed by atoms with Crippen molar-refractivity contribution in [3.05, 3.63) is 71.3 Å². The lowest BCUT2D eigenvalue weighted by atomic mass is 9.77. The maximum Gasteiger partial charge on any atom is 0.429 e. The summed E-state index contributed by atoms with van der Waals surface area (Å²) in [6.07, 6.45) is 5.71. The molecule has 0 spiro atoms. The van der Waals surface area contributed by atoms with Crippen molar-refractivity contribution in [1.29, 1.82) is 0 Å². The highest BCUT2D eigenvalue weighted by Crippen LogP contribution is 2.39. The minimum Gasteiger partial charge on any atom is -0.444 e. The molecule has 0 N–H and O–H groups in total. The number of rotatable bonds is 10. The molecule has 1 aliphatic rings. The van der Waals surface area contributed by atoms with Crippen molar-refractivity contribution in [3.8, 4) is 0 Å². The molecular weight excluding hydrogens is 425 g/mol. The first kappa shape index (κ1) is 25.3. The molecular formula is C28H35F3O2. The SMILES string of the molecule is CCCCCCCC1CCC(c2ccc(C(=O)OC(c3ccccc3)C(F)(F)F)cc2)CC1. The van der Waals surface area contributed by atoms with E-state index in [1.807, 2.05) is 12.1 Å². The molecule has 0 heterocycles. The second kappa shape index (κ2) is 12.2. The number of esters is 1. The number of benzene rings is 2. The van der Waals surface area contributed by atoms with Gasteiger partial charge in [-0.25, -0.2) is 4.79 Å². The predicted molar refractivity (Wildman–Crippen MR) is 125 cm³/mol. The fourth-order valence-electron chi connectivity index (χ4n) is 4.84. The standard InChI is InChI=1S/C28H35F3O2/c1-2-3-4-5-7-10-21-13-15-22(16-14-21)23-17-19-25(20-18-23)27(32)33-26(28(29,30)31)24-11-8-6-9-12-24/h6,8-9,11-12,17-22,26H,2-5,7,10,13-16H2,1H3. The summed E-state index contributed by atoms with van der Waals surface area (Å²) in [5, 5.41) is 0. The summed E-state index contributed by atoms with van der Waals surface area (Å²) in [6.45, 7) is 2.24. The number of alkyl halides is 3. The smallest absolute Gasteiger partial charge is 0.429 e. The number of unbranched alkanes of at least 4 members (excludes halogenated alkanes) is 4. The van der Waals surface area contributed by atoms with E-state index in [2.05, 4.69) is 6.92 Å². The summed E-state index contributed by atoms with van der Waals surface area (Å²) >= 11 is 0. The highest BCUT2D eigenvalue weighted by molar-refractivity contribution is 5.89. The van der Waals surface area contributed by atoms with Crippen LogP contribution in [0.15, 0.2) is 54.6 Å². The van der Waals surface area contributed by atoms with Crippen molar-refractivity contribution >= 4 is 5.97 Å². The molecule has 0 amide bonds. The number of hydrogen-bond acceptors (Lipinski definition) is 2. The van der Waals surface area contributed by atoms with Crippen LogP contribution in [0, 0.1) is 5.92 Å². The first-order valence-electron chi connectivity index (χ1n) is 12.3. The topological polar surface area (TPSA) is 26.3 Å². The van der Waals surface area contributed by atoms with Gasteiger partial charge in [0.1, 0.15) is 0 Å². The minimum absolute atomic E-state index is 0.0860. The van der Waals surface area contributed by atoms with Crippen molar-refractivity contribution in [1.82, 2.24) is 0 Å². The maximum atomic E-state index is 13.5. The Balaban J connectivity index is 1.52. The van der Waals surface area contributed by atoms with E-state index >= 15 is 0 Å². The third kappa shape index (κ3) is 7.62. The van der Waals surface area contributed by atoms with Gasteiger partial charge in [0, 0.05) is 5.56 Å². The van der Waals surface area contributed by atoms with Crippen LogP contribution in [0.4, 0.5) is 13.2 Å². The van der Waals surface area contributed by atoms with Crippen molar-refractivity contribution in [3.63, 3.8) is 0 Å². The summed E-state index contributed by atoms with van der Waals surface area (Å²) in [7, 11) is 0. The number of carbonyl (C=O) groups is 1. The van der Waals surface area contributed by atoms with E-state index in [1.54, 1.807) is 18.2 Å². The van der Waals surface area contributed by atoms with Crippen molar-refractivity contribution in [2.75, 3.05) is 0 Å². The molecule has 2 aromatic rings. The van der Waals surface area contributed by atoms with Gasteiger partial charge in [-0.2, -0.15) is 13.2 Å². The molecule has 1 unspecified atom stereocenters. The number of ether oxygens (including phenoxy) is 1. The van der Waals surface area contributed by atoms with Crippen LogP contribution in [0.5, 0.6) is 0 Å². The third-order valence-electron chi connectivity index (χ3n) is 6.80. The summed E-state index contributed by atoms with van der Waals surface area (Å²) in [5.74, 6) is 0.313. The molecule has 0 aromatic heterocycles. The Hall–Kier alpha value is -2.30. The summed E-state index contributed by atoms with van der Waals surface area (Å²) in [5.41, 5.74) is 1.21. The van der Waals surface area contributed by atoms with E-state index in [9.17, 15) is 18.0 Å². The normalized spacial score (nSPS) is 19.8. The monoisotopic (exact) mass is 460 g/mol. The fraction of sp³-hybridized carbons (Fsp3) is 0.536. The lowest BCUT2D eigenvalue weighted by molar-refractivity contribution is -0.207. The van der Waals surface area contributed by atoms with Gasteiger partial charge in [-0.1, -0.05) is 87.9 Å². The van der Waals surface area contributed by atoms with Gasteiger partial charge in [0.05, 0.1) is 5.56 Å². The van der Waals surface area contributed by atoms with Gasteiger partial charge in [0.15, 0.2) is 0 Å². The van der Waals surface area contributed by atoms with Gasteiger partial charge in [0.2, 0.25) is 6.10 Å². The van der Waals surface area contributed by atoms with E-state index in [-0.39, 0.29) is 11.1 Å². The quantitative estimate of drug-likeness (QED) is 0.262. The molecule has 1 saturated carbocycles. The summed E-state index contributed by atoms with van der Waals surface area (Å²) in [4.78, 5) is 12.4. The highest BCUT2D eigenvalue weighted by atomic mass is 19.4. The Labute approximate surface area is 195 Å². The largest absolute Gasteiger partial charge is 0.444 e. The van der Waals surface area contributed by atoms with Crippen LogP contribution in [0.3, 0.4) is 0 Å². The Morgan fingerprint density at radius 1 is 0.909 bits per heavy atom. The minimum atomic E-state index is -4.68. The lowest BCUT2D eigenvalue weighted by Gasteiger charge is -2.29. The first-order chi connectivity index (χ1) is 15.9. The molecule has 3 rings (SSSR count). The van der Waals surface area contributed by atoms with Gasteiger partial charge >= 0.3 is 12.1 Å². The highest BCUT2D eigenvalue weighted by Gasteiger charge is 2.44. The Morgan fingerprint density at radius 3 is 2.15 bits per heavy atom. The van der Waals surface area contributed by atoms with Crippen molar-refractivity contribution < 1.29 is 22.7 Å². The third-order valence-corrected chi connectivity index (χ3v) is 6.80. The molecule has 0 aliphatic heterocycles. The number of halogens is 3. The van der Waals surface area contributed by atoms with Crippen LogP contribution >= 0.6 is 0 Å². The average molecular weight is 461 g/mol. The van der Waals surface area contributed by atoms with E-state index < -0.39 is 18.2 Å². The predicted octanol–water partition coefficient (Wildman–Crippen LogP) is 8.78. The van der Waals surface area contributed by atoms with Gasteiger partial charge in [0.25, 0.3) is 0 Å². The second-order valence-electron chi connectivity index (χ2n) is 9.28. The van der Waals surface area contributed by atoms with Crippen LogP contribution in [-0.2, 0) is 4.74 Å². The van der Waals surface area contributed by atoms with Crippen LogP contribution in [0.1, 0.15) is 105 Å². The second-order valence-corrected chi connectivity index (χ2v) is 9.28. The Morgan fingerprint density at radius 2 is 1.55 bits per heavy atom. The summed E-state index contributed by atoms with van der Waals surface area (Å²) in [6, 6.07) is 14.2. The zero-order valence-corrected chi connectivity index (χ0v) is 19.4. The Bertz CT molecular complexity index is 838. The Kier molecular flexibility index (Phi) is 9.40. The molecule has 1 atom stereocenters. The van der Waals surface area contributed by atoms with Crippen molar-refractivity contribution in [2.24, 2.45) is 5.92 Å². The van der Waals surface area contributed by atoms with Gasteiger partial charge in [-0.05, 0) is 55.2 Å². The van der Waals surface area contributed by atoms with Crippen molar-refractivity contribution in [2.45, 2.75) is 89.3 Å². The molecule has 5 heteroatoms. The van der Waals surface area contributed by atoms with E-state index in [4.69, 9.17) is 4.74 Å². The zero-order valence-electron chi connectivity index (χ0n) is 19.4. The van der Waals surface area contributed by atoms with E-state index in [0.717, 1.165) is 24.3 Å². The molecule has 180 valence electrons. The van der Waals surface area contributed by atoms with Gasteiger partial charge in [-0.15, -0.1) is 0 Å². The number of carbonyl (C=O) groups excluding carboxylic acids is 1.